The maximum absolute atomic E-state index is 11.9. The smallest absolute Gasteiger partial charge is 0.338 e. The van der Waals surface area contributed by atoms with Crippen LogP contribution < -0.4 is 16.0 Å². The second kappa shape index (κ2) is 9.46. The summed E-state index contributed by atoms with van der Waals surface area (Å²) in [7, 11) is 2.01. The predicted octanol–water partition coefficient (Wildman–Crippen LogP) is 2.38. The number of carbonyl (C=O) groups is 2. The van der Waals surface area contributed by atoms with Crippen LogP contribution in [0.5, 0.6) is 0 Å². The highest BCUT2D eigenvalue weighted by Crippen LogP contribution is 2.13. The SMILES string of the molecule is Cc1ccc(C(=O)OCC(=O)NCCCN(C)c2ccccc2)cc1N. The van der Waals surface area contributed by atoms with Crippen LogP contribution in [-0.2, 0) is 9.53 Å². The summed E-state index contributed by atoms with van der Waals surface area (Å²) >= 11 is 0. The summed E-state index contributed by atoms with van der Waals surface area (Å²) in [6.07, 6.45) is 0.791. The molecule has 0 bridgehead atoms. The Kier molecular flexibility index (Phi) is 7.02. The van der Waals surface area contributed by atoms with E-state index in [4.69, 9.17) is 10.5 Å². The Hall–Kier alpha value is -3.02. The largest absolute Gasteiger partial charge is 0.452 e. The Morgan fingerprint density at radius 1 is 1.15 bits per heavy atom. The van der Waals surface area contributed by atoms with Crippen LogP contribution in [0.3, 0.4) is 0 Å². The Morgan fingerprint density at radius 2 is 1.88 bits per heavy atom. The summed E-state index contributed by atoms with van der Waals surface area (Å²) < 4.78 is 5.02. The number of nitrogens with one attached hydrogen (secondary N) is 1. The summed E-state index contributed by atoms with van der Waals surface area (Å²) in [6, 6.07) is 15.0. The minimum Gasteiger partial charge on any atom is -0.452 e. The summed E-state index contributed by atoms with van der Waals surface area (Å²) in [4.78, 5) is 25.8. The van der Waals surface area contributed by atoms with E-state index in [2.05, 4.69) is 10.2 Å². The van der Waals surface area contributed by atoms with Crippen LogP contribution in [0, 0.1) is 6.92 Å². The first-order valence-corrected chi connectivity index (χ1v) is 8.53. The maximum atomic E-state index is 11.9. The van der Waals surface area contributed by atoms with Crippen LogP contribution >= 0.6 is 0 Å². The quantitative estimate of drug-likeness (QED) is 0.431. The van der Waals surface area contributed by atoms with Crippen molar-refractivity contribution in [2.24, 2.45) is 0 Å². The van der Waals surface area contributed by atoms with Gasteiger partial charge in [0.05, 0.1) is 5.56 Å². The van der Waals surface area contributed by atoms with Gasteiger partial charge in [0.1, 0.15) is 0 Å². The lowest BCUT2D eigenvalue weighted by Crippen LogP contribution is -2.31. The molecule has 6 nitrogen and oxygen atoms in total. The van der Waals surface area contributed by atoms with Crippen molar-refractivity contribution >= 4 is 23.3 Å². The molecule has 0 atom stereocenters. The molecule has 0 unspecified atom stereocenters. The lowest BCUT2D eigenvalue weighted by Gasteiger charge is -2.19. The number of para-hydroxylation sites is 1. The second-order valence-corrected chi connectivity index (χ2v) is 6.11. The third-order valence-corrected chi connectivity index (χ3v) is 4.04. The first-order chi connectivity index (χ1) is 12.5. The molecule has 1 amide bonds. The molecule has 0 radical (unpaired) electrons. The van der Waals surface area contributed by atoms with Crippen molar-refractivity contribution in [3.63, 3.8) is 0 Å². The van der Waals surface area contributed by atoms with Crippen LogP contribution in [0.2, 0.25) is 0 Å². The summed E-state index contributed by atoms with van der Waals surface area (Å²) in [6.45, 7) is 2.88. The zero-order valence-electron chi connectivity index (χ0n) is 15.2. The molecule has 0 saturated heterocycles. The van der Waals surface area contributed by atoms with E-state index in [1.165, 1.54) is 0 Å². The van der Waals surface area contributed by atoms with Gasteiger partial charge in [-0.2, -0.15) is 0 Å². The topological polar surface area (TPSA) is 84.7 Å². The molecule has 138 valence electrons. The first-order valence-electron chi connectivity index (χ1n) is 8.53. The average Bonchev–Trinajstić information content (AvgIpc) is 2.66. The Morgan fingerprint density at radius 3 is 2.58 bits per heavy atom. The van der Waals surface area contributed by atoms with Gasteiger partial charge in [-0.3, -0.25) is 4.79 Å². The van der Waals surface area contributed by atoms with Crippen molar-refractivity contribution in [1.29, 1.82) is 0 Å². The van der Waals surface area contributed by atoms with Crippen molar-refractivity contribution in [2.45, 2.75) is 13.3 Å². The molecule has 2 aromatic rings. The number of rotatable bonds is 8. The van der Waals surface area contributed by atoms with Gasteiger partial charge in [-0.15, -0.1) is 0 Å². The van der Waals surface area contributed by atoms with Gasteiger partial charge in [0.2, 0.25) is 0 Å². The minimum absolute atomic E-state index is 0.304. The van der Waals surface area contributed by atoms with Crippen LogP contribution in [0.4, 0.5) is 11.4 Å². The number of carbonyl (C=O) groups excluding carboxylic acids is 2. The molecule has 0 aliphatic rings. The lowest BCUT2D eigenvalue weighted by atomic mass is 10.1. The highest BCUT2D eigenvalue weighted by molar-refractivity contribution is 5.92. The van der Waals surface area contributed by atoms with Crippen molar-refractivity contribution in [3.8, 4) is 0 Å². The minimum atomic E-state index is -0.560. The number of nitrogen functional groups attached to an aromatic ring is 1. The van der Waals surface area contributed by atoms with Crippen LogP contribution in [0.15, 0.2) is 48.5 Å². The molecule has 26 heavy (non-hydrogen) atoms. The lowest BCUT2D eigenvalue weighted by molar-refractivity contribution is -0.124. The van der Waals surface area contributed by atoms with Gasteiger partial charge in [0, 0.05) is 31.5 Å². The van der Waals surface area contributed by atoms with Gasteiger partial charge >= 0.3 is 5.97 Å². The van der Waals surface area contributed by atoms with E-state index >= 15 is 0 Å². The van der Waals surface area contributed by atoms with Gasteiger partial charge < -0.3 is 20.7 Å². The molecular formula is C20H25N3O3. The van der Waals surface area contributed by atoms with Crippen LogP contribution in [-0.4, -0.2) is 38.6 Å². The van der Waals surface area contributed by atoms with Gasteiger partial charge in [-0.1, -0.05) is 24.3 Å². The summed E-state index contributed by atoms with van der Waals surface area (Å²) in [5.41, 5.74) is 8.65. The van der Waals surface area contributed by atoms with Crippen molar-refractivity contribution < 1.29 is 14.3 Å². The number of benzene rings is 2. The zero-order valence-corrected chi connectivity index (χ0v) is 15.2. The molecule has 0 saturated carbocycles. The van der Waals surface area contributed by atoms with Crippen molar-refractivity contribution in [3.05, 3.63) is 59.7 Å². The maximum Gasteiger partial charge on any atom is 0.338 e. The number of esters is 1. The van der Waals surface area contributed by atoms with Crippen molar-refractivity contribution in [1.82, 2.24) is 5.32 Å². The molecule has 0 fully saturated rings. The zero-order chi connectivity index (χ0) is 18.9. The molecular weight excluding hydrogens is 330 g/mol. The van der Waals surface area contributed by atoms with Gasteiger partial charge in [-0.25, -0.2) is 4.79 Å². The van der Waals surface area contributed by atoms with E-state index in [0.717, 1.165) is 24.2 Å². The summed E-state index contributed by atoms with van der Waals surface area (Å²) in [5.74, 6) is -0.878. The molecule has 2 rings (SSSR count). The normalized spacial score (nSPS) is 10.2. The van der Waals surface area contributed by atoms with E-state index < -0.39 is 5.97 Å². The fourth-order valence-corrected chi connectivity index (χ4v) is 2.39. The van der Waals surface area contributed by atoms with E-state index in [1.807, 2.05) is 44.3 Å². The molecule has 2 aromatic carbocycles. The van der Waals surface area contributed by atoms with Gasteiger partial charge in [0.25, 0.3) is 5.91 Å². The number of hydrogen-bond acceptors (Lipinski definition) is 5. The summed E-state index contributed by atoms with van der Waals surface area (Å²) in [5, 5.41) is 2.75. The Balaban J connectivity index is 1.65. The number of anilines is 2. The Bertz CT molecular complexity index is 747. The highest BCUT2D eigenvalue weighted by Gasteiger charge is 2.11. The molecule has 0 aromatic heterocycles. The van der Waals surface area contributed by atoms with E-state index in [9.17, 15) is 9.59 Å². The molecule has 0 heterocycles. The number of aryl methyl sites for hydroxylation is 1. The van der Waals surface area contributed by atoms with E-state index in [1.54, 1.807) is 18.2 Å². The monoisotopic (exact) mass is 355 g/mol. The Labute approximate surface area is 153 Å². The number of nitrogens with two attached hydrogens (primary N) is 1. The number of amides is 1. The standard InChI is InChI=1S/C20H25N3O3/c1-15-9-10-16(13-18(15)21)20(25)26-14-19(24)22-11-6-12-23(2)17-7-4-3-5-8-17/h3-5,7-10,13H,6,11-12,14,21H2,1-2H3,(H,22,24). The average molecular weight is 355 g/mol. The number of hydrogen-bond donors (Lipinski definition) is 2. The highest BCUT2D eigenvalue weighted by atomic mass is 16.5. The van der Waals surface area contributed by atoms with Crippen molar-refractivity contribution in [2.75, 3.05) is 37.4 Å². The van der Waals surface area contributed by atoms with E-state index in [0.29, 0.717) is 17.8 Å². The second-order valence-electron chi connectivity index (χ2n) is 6.11. The first kappa shape index (κ1) is 19.3. The third kappa shape index (κ3) is 5.81. The molecule has 0 spiro atoms. The molecule has 0 aliphatic heterocycles. The van der Waals surface area contributed by atoms with E-state index in [-0.39, 0.29) is 12.5 Å². The third-order valence-electron chi connectivity index (χ3n) is 4.04. The fraction of sp³-hybridized carbons (Fsp3) is 0.300. The molecule has 6 heteroatoms. The van der Waals surface area contributed by atoms with Gasteiger partial charge in [-0.05, 0) is 43.2 Å². The molecule has 0 aliphatic carbocycles. The van der Waals surface area contributed by atoms with Crippen LogP contribution in [0.1, 0.15) is 22.3 Å². The van der Waals surface area contributed by atoms with Gasteiger partial charge in [0.15, 0.2) is 6.61 Å². The molecule has 3 N–H and O–H groups in total. The van der Waals surface area contributed by atoms with Crippen LogP contribution in [0.25, 0.3) is 0 Å². The fourth-order valence-electron chi connectivity index (χ4n) is 2.39. The number of nitrogens with zero attached hydrogens (tertiary/aromatic N) is 1. The predicted molar refractivity (Wildman–Crippen MR) is 103 cm³/mol. The number of ether oxygens (including phenoxy) is 1.